The van der Waals surface area contributed by atoms with Gasteiger partial charge in [0.2, 0.25) is 0 Å². The maximum atomic E-state index is 12.8. The second kappa shape index (κ2) is 12.3. The quantitative estimate of drug-likeness (QED) is 0.339. The summed E-state index contributed by atoms with van der Waals surface area (Å²) in [7, 11) is 1.99. The summed E-state index contributed by atoms with van der Waals surface area (Å²) in [6.45, 7) is 5.59. The number of aliphatic imine (C=N–C) groups is 1. The van der Waals surface area contributed by atoms with Gasteiger partial charge in [0.15, 0.2) is 5.96 Å². The molecule has 0 saturated carbocycles. The van der Waals surface area contributed by atoms with Gasteiger partial charge in [0.25, 0.3) is 0 Å². The minimum Gasteiger partial charge on any atom is -0.491 e. The zero-order chi connectivity index (χ0) is 18.1. The molecule has 0 amide bonds. The van der Waals surface area contributed by atoms with Crippen LogP contribution in [0.2, 0.25) is 0 Å². The third kappa shape index (κ3) is 8.05. The Morgan fingerprint density at radius 3 is 2.81 bits per heavy atom. The largest absolute Gasteiger partial charge is 0.491 e. The van der Waals surface area contributed by atoms with Gasteiger partial charge in [-0.2, -0.15) is 0 Å². The summed E-state index contributed by atoms with van der Waals surface area (Å²) in [6, 6.07) is 5.72. The summed E-state index contributed by atoms with van der Waals surface area (Å²) in [4.78, 5) is 6.55. The third-order valence-corrected chi connectivity index (χ3v) is 3.96. The van der Waals surface area contributed by atoms with Crippen LogP contribution in [0.5, 0.6) is 5.75 Å². The Morgan fingerprint density at radius 1 is 1.46 bits per heavy atom. The monoisotopic (exact) mass is 481 g/mol. The second-order valence-corrected chi connectivity index (χ2v) is 6.22. The summed E-state index contributed by atoms with van der Waals surface area (Å²) >= 11 is 0. The molecule has 0 aliphatic carbocycles. The molecule has 2 rings (SSSR count). The molecule has 2 atom stereocenters. The lowest BCUT2D eigenvalue weighted by molar-refractivity contribution is 0.114. The molecule has 2 unspecified atom stereocenters. The lowest BCUT2D eigenvalue weighted by atomic mass is 10.1. The number of aliphatic hydroxyl groups is 1. The fourth-order valence-electron chi connectivity index (χ4n) is 2.64. The fraction of sp³-hybridized carbons (Fsp3) is 0.611. The number of rotatable bonds is 8. The number of hydrogen-bond donors (Lipinski definition) is 2. The predicted octanol–water partition coefficient (Wildman–Crippen LogP) is 2.12. The van der Waals surface area contributed by atoms with Crippen molar-refractivity contribution < 1.29 is 19.0 Å². The van der Waals surface area contributed by atoms with E-state index in [0.29, 0.717) is 11.7 Å². The van der Waals surface area contributed by atoms with Crippen LogP contribution in [0, 0.1) is 11.7 Å². The summed E-state index contributed by atoms with van der Waals surface area (Å²) in [6.07, 6.45) is 0.333. The van der Waals surface area contributed by atoms with Gasteiger partial charge in [-0.05, 0) is 37.6 Å². The molecule has 26 heavy (non-hydrogen) atoms. The van der Waals surface area contributed by atoms with Crippen molar-refractivity contribution in [1.29, 1.82) is 0 Å². The first-order valence-electron chi connectivity index (χ1n) is 8.72. The number of halogens is 2. The van der Waals surface area contributed by atoms with E-state index in [1.54, 1.807) is 0 Å². The first-order valence-corrected chi connectivity index (χ1v) is 8.72. The molecule has 0 spiro atoms. The van der Waals surface area contributed by atoms with E-state index in [2.05, 4.69) is 15.2 Å². The summed E-state index contributed by atoms with van der Waals surface area (Å²) in [5.41, 5.74) is 0. The molecular weight excluding hydrogens is 452 g/mol. The molecule has 6 nitrogen and oxygen atoms in total. The van der Waals surface area contributed by atoms with Crippen molar-refractivity contribution >= 4 is 29.9 Å². The molecule has 1 saturated heterocycles. The van der Waals surface area contributed by atoms with Gasteiger partial charge in [-0.15, -0.1) is 24.0 Å². The zero-order valence-corrected chi connectivity index (χ0v) is 17.7. The van der Waals surface area contributed by atoms with Crippen LogP contribution in [0.25, 0.3) is 0 Å². The summed E-state index contributed by atoms with van der Waals surface area (Å²) < 4.78 is 23.7. The van der Waals surface area contributed by atoms with Gasteiger partial charge in [0.1, 0.15) is 24.3 Å². The van der Waals surface area contributed by atoms with Crippen LogP contribution in [0.15, 0.2) is 29.3 Å². The minimum atomic E-state index is -0.734. The van der Waals surface area contributed by atoms with Crippen molar-refractivity contribution in [2.75, 3.05) is 46.5 Å². The highest BCUT2D eigenvalue weighted by Crippen LogP contribution is 2.13. The number of hydrogen-bond acceptors (Lipinski definition) is 4. The number of benzene rings is 1. The number of nitrogens with zero attached hydrogens (tertiary/aromatic N) is 2. The lowest BCUT2D eigenvalue weighted by Crippen LogP contribution is -2.42. The third-order valence-electron chi connectivity index (χ3n) is 3.96. The van der Waals surface area contributed by atoms with Crippen molar-refractivity contribution in [3.8, 4) is 5.75 Å². The van der Waals surface area contributed by atoms with Crippen LogP contribution < -0.4 is 10.1 Å². The van der Waals surface area contributed by atoms with Crippen LogP contribution in [-0.4, -0.2) is 68.6 Å². The molecule has 1 aromatic carbocycles. The van der Waals surface area contributed by atoms with Gasteiger partial charge in [-0.3, -0.25) is 4.99 Å². The maximum absolute atomic E-state index is 12.8. The average Bonchev–Trinajstić information content (AvgIpc) is 3.11. The molecule has 1 aliphatic heterocycles. The zero-order valence-electron chi connectivity index (χ0n) is 15.4. The van der Waals surface area contributed by atoms with Gasteiger partial charge in [0.05, 0.1) is 13.2 Å². The first kappa shape index (κ1) is 22.9. The van der Waals surface area contributed by atoms with E-state index >= 15 is 0 Å². The molecular formula is C18H29FIN3O3. The molecule has 1 aliphatic rings. The molecule has 1 heterocycles. The Bertz CT molecular complexity index is 539. The van der Waals surface area contributed by atoms with E-state index in [-0.39, 0.29) is 42.9 Å². The van der Waals surface area contributed by atoms with Crippen molar-refractivity contribution in [3.63, 3.8) is 0 Å². The minimum absolute atomic E-state index is 0. The Labute approximate surface area is 171 Å². The molecule has 148 valence electrons. The predicted molar refractivity (Wildman–Crippen MR) is 111 cm³/mol. The highest BCUT2D eigenvalue weighted by Gasteiger charge is 2.19. The van der Waals surface area contributed by atoms with Crippen LogP contribution in [0.4, 0.5) is 4.39 Å². The van der Waals surface area contributed by atoms with E-state index in [9.17, 15) is 9.50 Å². The van der Waals surface area contributed by atoms with Crippen LogP contribution in [-0.2, 0) is 4.74 Å². The Morgan fingerprint density at radius 2 is 2.19 bits per heavy atom. The van der Waals surface area contributed by atoms with Gasteiger partial charge >= 0.3 is 0 Å². The molecule has 0 radical (unpaired) electrons. The summed E-state index contributed by atoms with van der Waals surface area (Å²) in [5, 5.41) is 13.3. The van der Waals surface area contributed by atoms with E-state index < -0.39 is 6.10 Å². The van der Waals surface area contributed by atoms with Crippen LogP contribution >= 0.6 is 24.0 Å². The van der Waals surface area contributed by atoms with Crippen molar-refractivity contribution in [3.05, 3.63) is 30.1 Å². The van der Waals surface area contributed by atoms with E-state index in [1.165, 1.54) is 24.3 Å². The number of ether oxygens (including phenoxy) is 2. The molecule has 1 fully saturated rings. The highest BCUT2D eigenvalue weighted by atomic mass is 127. The SMILES string of the molecule is CCNC(=NCC(O)COc1ccc(F)cc1)N(C)CC1CCOC1.I. The topological polar surface area (TPSA) is 66.3 Å². The molecule has 2 N–H and O–H groups in total. The molecule has 1 aromatic rings. The van der Waals surface area contributed by atoms with Crippen molar-refractivity contribution in [2.24, 2.45) is 10.9 Å². The average molecular weight is 481 g/mol. The van der Waals surface area contributed by atoms with Gasteiger partial charge < -0.3 is 24.8 Å². The lowest BCUT2D eigenvalue weighted by Gasteiger charge is -2.24. The summed E-state index contributed by atoms with van der Waals surface area (Å²) in [5.74, 6) is 1.48. The second-order valence-electron chi connectivity index (χ2n) is 6.22. The van der Waals surface area contributed by atoms with E-state index in [0.717, 1.165) is 38.7 Å². The standard InChI is InChI=1S/C18H28FN3O3.HI/c1-3-20-18(22(2)11-14-8-9-24-12-14)21-10-16(23)13-25-17-6-4-15(19)5-7-17;/h4-7,14,16,23H,3,8-13H2,1-2H3,(H,20,21);1H. The Balaban J connectivity index is 0.00000338. The Hall–Kier alpha value is -1.13. The number of guanidine groups is 1. The molecule has 8 heteroatoms. The maximum Gasteiger partial charge on any atom is 0.193 e. The Kier molecular flexibility index (Phi) is 10.8. The van der Waals surface area contributed by atoms with Crippen molar-refractivity contribution in [1.82, 2.24) is 10.2 Å². The molecule has 0 bridgehead atoms. The first-order chi connectivity index (χ1) is 12.1. The highest BCUT2D eigenvalue weighted by molar-refractivity contribution is 14.0. The smallest absolute Gasteiger partial charge is 0.193 e. The number of nitrogens with one attached hydrogen (secondary N) is 1. The van der Waals surface area contributed by atoms with Gasteiger partial charge in [-0.25, -0.2) is 4.39 Å². The van der Waals surface area contributed by atoms with E-state index in [4.69, 9.17) is 9.47 Å². The van der Waals surface area contributed by atoms with Gasteiger partial charge in [0, 0.05) is 32.7 Å². The molecule has 0 aromatic heterocycles. The fourth-order valence-corrected chi connectivity index (χ4v) is 2.64. The normalized spacial score (nSPS) is 18.2. The van der Waals surface area contributed by atoms with E-state index in [1.807, 2.05) is 14.0 Å². The number of aliphatic hydroxyl groups excluding tert-OH is 1. The van der Waals surface area contributed by atoms with Crippen LogP contribution in [0.1, 0.15) is 13.3 Å². The van der Waals surface area contributed by atoms with Crippen LogP contribution in [0.3, 0.4) is 0 Å². The van der Waals surface area contributed by atoms with Crippen molar-refractivity contribution in [2.45, 2.75) is 19.4 Å². The van der Waals surface area contributed by atoms with Gasteiger partial charge in [-0.1, -0.05) is 0 Å².